The molecular formula is C100H76F8N12O16S4. The first-order valence-corrected chi connectivity index (χ1v) is 47.8. The average molecular weight is 1980 g/mol. The van der Waals surface area contributed by atoms with E-state index in [9.17, 15) is 76.3 Å². The summed E-state index contributed by atoms with van der Waals surface area (Å²) in [5.41, 5.74) is 2.21. The predicted octanol–water partition coefficient (Wildman–Crippen LogP) is 14.1. The van der Waals surface area contributed by atoms with Crippen molar-refractivity contribution in [2.24, 2.45) is 0 Å². The number of nitrogens with zero attached hydrogens (tertiary/aromatic N) is 12. The van der Waals surface area contributed by atoms with Gasteiger partial charge in [0.1, 0.15) is 100 Å². The SMILES string of the molecule is O=C1c2c(O)c(=O)ccn2N2CN1C/C=C/COc1cc(F)c(F)c3c1[C@@H]2c1ccccc1SC3.O=C1c2c(O)c(=O)ccn2N2CN1C/C=C/COc1cc(F)c(F)c3c1[C@H]2c1ccccc1SC3.O=C1c2c(O)c(=O)ccn2N2CN1C/C=C\COc1cc(F)c(F)c3c1[C@@H]2c1ccccc1SC3.O=C1c2c(O)c(=O)ccn2N2CN1C/C=C\COc1cc(F)c(F)c3c1[C@H]2c1ccccc1SC3. The molecule has 0 aliphatic carbocycles. The molecule has 12 aromatic rings. The Balaban J connectivity index is 0.000000111. The van der Waals surface area contributed by atoms with Crippen LogP contribution in [0, 0.1) is 46.5 Å². The van der Waals surface area contributed by atoms with Gasteiger partial charge in [-0.2, -0.15) is 0 Å². The fraction of sp³-hybridized carbons (Fsp3) is 0.200. The zero-order chi connectivity index (χ0) is 97.1. The molecule has 0 radical (unpaired) electrons. The Kier molecular flexibility index (Phi) is 24.1. The summed E-state index contributed by atoms with van der Waals surface area (Å²) in [6.45, 7) is 1.42. The smallest absolute Gasteiger partial charge is 0.278 e. The molecule has 4 aromatic heterocycles. The van der Waals surface area contributed by atoms with Crippen LogP contribution >= 0.6 is 47.0 Å². The molecule has 40 heteroatoms. The van der Waals surface area contributed by atoms with Crippen molar-refractivity contribution in [2.75, 3.05) is 99.3 Å². The second-order valence-electron chi connectivity index (χ2n) is 33.6. The van der Waals surface area contributed by atoms with Crippen LogP contribution in [0.2, 0.25) is 0 Å². The lowest BCUT2D eigenvalue weighted by molar-refractivity contribution is 0.0693. The van der Waals surface area contributed by atoms with Gasteiger partial charge in [-0.25, -0.2) is 35.1 Å². The second-order valence-corrected chi connectivity index (χ2v) is 37.7. The number of amides is 4. The summed E-state index contributed by atoms with van der Waals surface area (Å²) in [5, 5.41) is 49.5. The first-order chi connectivity index (χ1) is 67.8. The van der Waals surface area contributed by atoms with Crippen molar-refractivity contribution in [1.82, 2.24) is 38.3 Å². The molecule has 140 heavy (non-hydrogen) atoms. The van der Waals surface area contributed by atoms with Crippen molar-refractivity contribution < 1.29 is 93.7 Å². The first kappa shape index (κ1) is 91.3. The van der Waals surface area contributed by atoms with Crippen LogP contribution in [0.25, 0.3) is 0 Å². The van der Waals surface area contributed by atoms with E-state index >= 15 is 17.6 Å². The molecule has 12 aliphatic heterocycles. The van der Waals surface area contributed by atoms with Crippen LogP contribution in [0.4, 0.5) is 35.1 Å². The van der Waals surface area contributed by atoms with Crippen LogP contribution in [0.5, 0.6) is 46.0 Å². The molecule has 12 aliphatic rings. The highest BCUT2D eigenvalue weighted by Gasteiger charge is 2.48. The van der Waals surface area contributed by atoms with Gasteiger partial charge < -0.3 is 59.0 Å². The zero-order valence-electron chi connectivity index (χ0n) is 73.1. The number of rotatable bonds is 0. The predicted molar refractivity (Wildman–Crippen MR) is 501 cm³/mol. The molecule has 8 aromatic carbocycles. The minimum absolute atomic E-state index is 0.0695. The molecule has 0 fully saturated rings. The number of benzene rings is 8. The van der Waals surface area contributed by atoms with Crippen molar-refractivity contribution in [3.8, 4) is 46.0 Å². The molecule has 24 rings (SSSR count). The molecule has 0 saturated carbocycles. The maximum absolute atomic E-state index is 15.3. The maximum atomic E-state index is 15.3. The summed E-state index contributed by atoms with van der Waals surface area (Å²) in [6.07, 6.45) is 19.3. The van der Waals surface area contributed by atoms with Crippen molar-refractivity contribution in [2.45, 2.75) is 66.8 Å². The van der Waals surface area contributed by atoms with Crippen LogP contribution in [-0.4, -0.2) is 162 Å². The standard InChI is InChI=1S/4C25H19F2N3O4S/c4*26-16-11-18-20-15(21(16)27)12-35-19-6-2-1-5-14(19)22(20)30-13-28(8-3-4-10-34-18)25(33)23-24(32)17(31)7-9-29(23)30/h4*1-7,9,11,22,32H,8,10,12-13H2/b2*4-3+;2*4-3-/t4*22-/m1010/s1. The van der Waals surface area contributed by atoms with E-state index < -0.39 is 139 Å². The third kappa shape index (κ3) is 15.7. The number of carbonyl (C=O) groups excluding carboxylic acids is 4. The van der Waals surface area contributed by atoms with Gasteiger partial charge in [-0.15, -0.1) is 47.0 Å². The van der Waals surface area contributed by atoms with E-state index in [0.717, 1.165) is 66.1 Å². The molecule has 16 heterocycles. The number of thioether (sulfide) groups is 4. The topological polar surface area (TPSA) is 300 Å². The summed E-state index contributed by atoms with van der Waals surface area (Å²) in [7, 11) is 0. The van der Waals surface area contributed by atoms with Crippen LogP contribution in [0.15, 0.2) is 258 Å². The summed E-state index contributed by atoms with van der Waals surface area (Å²) in [5.74, 6) is -11.0. The van der Waals surface area contributed by atoms with Gasteiger partial charge in [-0.1, -0.05) is 97.1 Å². The zero-order valence-corrected chi connectivity index (χ0v) is 76.4. The highest BCUT2D eigenvalue weighted by Crippen LogP contribution is 2.54. The molecule has 28 nitrogen and oxygen atoms in total. The van der Waals surface area contributed by atoms with Gasteiger partial charge in [-0.05, 0) is 70.8 Å². The number of hydrogen-bond donors (Lipinski definition) is 4. The van der Waals surface area contributed by atoms with E-state index in [0.29, 0.717) is 22.3 Å². The Bertz CT molecular complexity index is 6770. The van der Waals surface area contributed by atoms with E-state index in [2.05, 4.69) is 0 Å². The number of pyridine rings is 4. The highest BCUT2D eigenvalue weighted by molar-refractivity contribution is 7.99. The fourth-order valence-corrected chi connectivity index (χ4v) is 23.7. The van der Waals surface area contributed by atoms with Gasteiger partial charge in [0, 0.05) is 187 Å². The third-order valence-corrected chi connectivity index (χ3v) is 30.2. The van der Waals surface area contributed by atoms with Crippen molar-refractivity contribution in [3.05, 3.63) is 396 Å². The number of aromatic nitrogens is 4. The van der Waals surface area contributed by atoms with Crippen LogP contribution in [-0.2, 0) is 23.0 Å². The summed E-state index contributed by atoms with van der Waals surface area (Å²) >= 11 is 5.54. The number of aromatic hydroxyl groups is 4. The molecule has 8 bridgehead atoms. The van der Waals surface area contributed by atoms with Gasteiger partial charge in [-0.3, -0.25) is 77.1 Å². The third-order valence-electron chi connectivity index (χ3n) is 25.8. The number of ether oxygens (including phenoxy) is 4. The minimum Gasteiger partial charge on any atom is -0.502 e. The molecule has 0 saturated heterocycles. The van der Waals surface area contributed by atoms with Crippen LogP contribution in [0.3, 0.4) is 0 Å². The van der Waals surface area contributed by atoms with Crippen LogP contribution in [0.1, 0.15) is 133 Å². The largest absolute Gasteiger partial charge is 0.502 e. The van der Waals surface area contributed by atoms with E-state index in [1.54, 1.807) is 68.6 Å². The number of halogens is 8. The second kappa shape index (κ2) is 37.0. The molecular weight excluding hydrogens is 1910 g/mol. The molecule has 0 spiro atoms. The normalized spacial score (nSPS) is 19.5. The Hall–Kier alpha value is -15.2. The van der Waals surface area contributed by atoms with E-state index in [-0.39, 0.29) is 170 Å². The van der Waals surface area contributed by atoms with E-state index in [1.165, 1.54) is 134 Å². The van der Waals surface area contributed by atoms with Gasteiger partial charge in [0.2, 0.25) is 21.7 Å². The summed E-state index contributed by atoms with van der Waals surface area (Å²) in [4.78, 5) is 112. The summed E-state index contributed by atoms with van der Waals surface area (Å²) in [6, 6.07) is 36.2. The Labute approximate surface area is 805 Å². The van der Waals surface area contributed by atoms with E-state index in [4.69, 9.17) is 18.9 Å². The molecule has 4 atom stereocenters. The highest BCUT2D eigenvalue weighted by atomic mass is 32.2. The van der Waals surface area contributed by atoms with Gasteiger partial charge in [0.05, 0.1) is 0 Å². The average Bonchev–Trinajstić information content (AvgIpc) is 1.59. The first-order valence-electron chi connectivity index (χ1n) is 43.9. The monoisotopic (exact) mass is 1980 g/mol. The van der Waals surface area contributed by atoms with Gasteiger partial charge in [0.25, 0.3) is 23.6 Å². The number of carbonyl (C=O) groups is 4. The van der Waals surface area contributed by atoms with Crippen molar-refractivity contribution in [1.29, 1.82) is 0 Å². The van der Waals surface area contributed by atoms with Crippen molar-refractivity contribution >= 4 is 70.7 Å². The number of fused-ring (bicyclic) bond motifs is 28. The maximum Gasteiger partial charge on any atom is 0.278 e. The molecule has 0 unspecified atom stereocenters. The Morgan fingerprint density at radius 2 is 0.486 bits per heavy atom. The fourth-order valence-electron chi connectivity index (χ4n) is 19.3. The lowest BCUT2D eigenvalue weighted by atomic mass is 9.92. The number of hydrogen-bond acceptors (Lipinski definition) is 24. The van der Waals surface area contributed by atoms with E-state index in [1.807, 2.05) is 97.1 Å². The lowest BCUT2D eigenvalue weighted by Crippen LogP contribution is -2.55. The van der Waals surface area contributed by atoms with Crippen LogP contribution < -0.4 is 60.7 Å². The van der Waals surface area contributed by atoms with Gasteiger partial charge in [0.15, 0.2) is 92.3 Å². The molecule has 4 N–H and O–H groups in total. The van der Waals surface area contributed by atoms with Gasteiger partial charge >= 0.3 is 0 Å². The Morgan fingerprint density at radius 1 is 0.279 bits per heavy atom. The molecule has 712 valence electrons. The lowest BCUT2D eigenvalue weighted by Gasteiger charge is -2.44. The summed E-state index contributed by atoms with van der Waals surface area (Å²) < 4.78 is 149. The molecule has 4 amide bonds. The quantitative estimate of drug-likeness (QED) is 0.0810. The minimum atomic E-state index is -1.000. The van der Waals surface area contributed by atoms with Crippen molar-refractivity contribution in [3.63, 3.8) is 0 Å². The Morgan fingerprint density at radius 3 is 0.700 bits per heavy atom.